The molecule has 1 nitrogen and oxygen atoms in total. The van der Waals surface area contributed by atoms with E-state index in [1.54, 1.807) is 0 Å². The molecule has 2 aliphatic carbocycles. The Morgan fingerprint density at radius 3 is 2.60 bits per heavy atom. The predicted molar refractivity (Wildman–Crippen MR) is 54.0 cm³/mol. The molecule has 2 atom stereocenters. The molecule has 1 aromatic rings. The topological polar surface area (TPSA) is 26.0 Å². The number of aryl methyl sites for hydroxylation is 1. The van der Waals surface area contributed by atoms with Crippen molar-refractivity contribution < 1.29 is 8.78 Å². The van der Waals surface area contributed by atoms with Gasteiger partial charge in [-0.3, -0.25) is 0 Å². The lowest BCUT2D eigenvalue weighted by Crippen LogP contribution is -2.36. The van der Waals surface area contributed by atoms with Crippen LogP contribution < -0.4 is 5.73 Å². The van der Waals surface area contributed by atoms with Crippen LogP contribution in [0.1, 0.15) is 29.9 Å². The summed E-state index contributed by atoms with van der Waals surface area (Å²) in [6.45, 7) is 0. The summed E-state index contributed by atoms with van der Waals surface area (Å²) in [4.78, 5) is 0. The summed E-state index contributed by atoms with van der Waals surface area (Å²) in [6.07, 6.45) is 1.50. The Hall–Kier alpha value is -0.960. The Labute approximate surface area is 87.3 Å². The van der Waals surface area contributed by atoms with Crippen LogP contribution in [-0.4, -0.2) is 11.5 Å². The van der Waals surface area contributed by atoms with Crippen molar-refractivity contribution in [3.8, 4) is 0 Å². The normalized spacial score (nSPS) is 36.3. The number of halogens is 2. The molecule has 0 heterocycles. The van der Waals surface area contributed by atoms with E-state index in [2.05, 4.69) is 0 Å². The monoisotopic (exact) mass is 209 g/mol. The quantitative estimate of drug-likeness (QED) is 0.755. The first-order valence-corrected chi connectivity index (χ1v) is 5.29. The first-order chi connectivity index (χ1) is 7.05. The van der Waals surface area contributed by atoms with Crippen molar-refractivity contribution in [3.05, 3.63) is 35.4 Å². The van der Waals surface area contributed by atoms with Gasteiger partial charge in [-0.05, 0) is 24.0 Å². The van der Waals surface area contributed by atoms with E-state index >= 15 is 0 Å². The van der Waals surface area contributed by atoms with E-state index in [1.807, 2.05) is 24.3 Å². The smallest absolute Gasteiger partial charge is 0.268 e. The fourth-order valence-corrected chi connectivity index (χ4v) is 2.79. The van der Waals surface area contributed by atoms with Gasteiger partial charge in [0.25, 0.3) is 5.92 Å². The SMILES string of the molecule is NC1(C2CCc3ccccc32)CC1(F)F. The lowest BCUT2D eigenvalue weighted by atomic mass is 9.91. The van der Waals surface area contributed by atoms with E-state index < -0.39 is 11.5 Å². The zero-order valence-electron chi connectivity index (χ0n) is 8.34. The molecule has 0 spiro atoms. The van der Waals surface area contributed by atoms with Crippen LogP contribution in [0.5, 0.6) is 0 Å². The summed E-state index contributed by atoms with van der Waals surface area (Å²) in [7, 11) is 0. The maximum absolute atomic E-state index is 13.2. The van der Waals surface area contributed by atoms with Gasteiger partial charge in [0, 0.05) is 12.3 Å². The van der Waals surface area contributed by atoms with E-state index in [0.717, 1.165) is 18.4 Å². The first kappa shape index (κ1) is 9.28. The Bertz CT molecular complexity index is 416. The molecule has 0 saturated heterocycles. The molecule has 0 radical (unpaired) electrons. The second kappa shape index (κ2) is 2.59. The van der Waals surface area contributed by atoms with Crippen LogP contribution in [0.4, 0.5) is 8.78 Å². The van der Waals surface area contributed by atoms with Crippen molar-refractivity contribution in [2.24, 2.45) is 5.73 Å². The summed E-state index contributed by atoms with van der Waals surface area (Å²) in [5, 5.41) is 0. The van der Waals surface area contributed by atoms with Gasteiger partial charge in [0.15, 0.2) is 0 Å². The molecular weight excluding hydrogens is 196 g/mol. The maximum atomic E-state index is 13.2. The Kier molecular flexibility index (Phi) is 1.60. The van der Waals surface area contributed by atoms with Crippen molar-refractivity contribution in [1.29, 1.82) is 0 Å². The number of rotatable bonds is 1. The minimum Gasteiger partial charge on any atom is -0.319 e. The van der Waals surface area contributed by atoms with Crippen molar-refractivity contribution in [2.75, 3.05) is 0 Å². The lowest BCUT2D eigenvalue weighted by Gasteiger charge is -2.19. The average Bonchev–Trinajstić information content (AvgIpc) is 2.61. The predicted octanol–water partition coefficient (Wildman–Crippen LogP) is 2.45. The highest BCUT2D eigenvalue weighted by Crippen LogP contribution is 2.60. The maximum Gasteiger partial charge on any atom is 0.268 e. The molecule has 0 aromatic heterocycles. The second-order valence-electron chi connectivity index (χ2n) is 4.71. The van der Waals surface area contributed by atoms with Gasteiger partial charge in [0.1, 0.15) is 0 Å². The molecule has 2 aliphatic rings. The average molecular weight is 209 g/mol. The Morgan fingerprint density at radius 2 is 1.93 bits per heavy atom. The highest BCUT2D eigenvalue weighted by Gasteiger charge is 2.72. The fourth-order valence-electron chi connectivity index (χ4n) is 2.79. The van der Waals surface area contributed by atoms with Crippen LogP contribution in [0.15, 0.2) is 24.3 Å². The molecule has 2 N–H and O–H groups in total. The summed E-state index contributed by atoms with van der Waals surface area (Å²) < 4.78 is 26.4. The minimum absolute atomic E-state index is 0.149. The summed E-state index contributed by atoms with van der Waals surface area (Å²) in [5.41, 5.74) is 6.76. The molecular formula is C12H13F2N. The lowest BCUT2D eigenvalue weighted by molar-refractivity contribution is 0.0820. The largest absolute Gasteiger partial charge is 0.319 e. The first-order valence-electron chi connectivity index (χ1n) is 5.29. The van der Waals surface area contributed by atoms with Gasteiger partial charge in [-0.25, -0.2) is 8.78 Å². The third-order valence-electron chi connectivity index (χ3n) is 3.83. The molecule has 15 heavy (non-hydrogen) atoms. The van der Waals surface area contributed by atoms with E-state index in [-0.39, 0.29) is 12.3 Å². The molecule has 1 fully saturated rings. The van der Waals surface area contributed by atoms with Gasteiger partial charge in [-0.2, -0.15) is 0 Å². The summed E-state index contributed by atoms with van der Waals surface area (Å²) in [5.74, 6) is -2.81. The molecule has 0 bridgehead atoms. The van der Waals surface area contributed by atoms with Gasteiger partial charge in [-0.1, -0.05) is 24.3 Å². The number of hydrogen-bond donors (Lipinski definition) is 1. The highest BCUT2D eigenvalue weighted by atomic mass is 19.3. The second-order valence-corrected chi connectivity index (χ2v) is 4.71. The van der Waals surface area contributed by atoms with Crippen LogP contribution in [-0.2, 0) is 6.42 Å². The molecule has 0 aliphatic heterocycles. The van der Waals surface area contributed by atoms with Crippen LogP contribution in [0.2, 0.25) is 0 Å². The number of hydrogen-bond acceptors (Lipinski definition) is 1. The van der Waals surface area contributed by atoms with Crippen molar-refractivity contribution in [1.82, 2.24) is 0 Å². The molecule has 3 heteroatoms. The van der Waals surface area contributed by atoms with Crippen molar-refractivity contribution in [3.63, 3.8) is 0 Å². The van der Waals surface area contributed by atoms with Crippen molar-refractivity contribution in [2.45, 2.75) is 36.6 Å². The molecule has 1 saturated carbocycles. The van der Waals surface area contributed by atoms with Gasteiger partial charge >= 0.3 is 0 Å². The zero-order chi connectivity index (χ0) is 10.7. The molecule has 80 valence electrons. The van der Waals surface area contributed by atoms with Gasteiger partial charge < -0.3 is 5.73 Å². The van der Waals surface area contributed by atoms with Crippen LogP contribution in [0.25, 0.3) is 0 Å². The van der Waals surface area contributed by atoms with Gasteiger partial charge in [-0.15, -0.1) is 0 Å². The summed E-state index contributed by atoms with van der Waals surface area (Å²) >= 11 is 0. The Balaban J connectivity index is 1.99. The molecule has 1 aromatic carbocycles. The number of alkyl halides is 2. The number of benzene rings is 1. The van der Waals surface area contributed by atoms with Crippen LogP contribution >= 0.6 is 0 Å². The Morgan fingerprint density at radius 1 is 1.27 bits per heavy atom. The molecule has 2 unspecified atom stereocenters. The van der Waals surface area contributed by atoms with Gasteiger partial charge in [0.2, 0.25) is 0 Å². The van der Waals surface area contributed by atoms with E-state index in [9.17, 15) is 8.78 Å². The molecule has 0 amide bonds. The standard InChI is InChI=1S/C12H13F2N/c13-12(14)7-11(12,15)10-6-5-8-3-1-2-4-9(8)10/h1-4,10H,5-7,15H2. The summed E-state index contributed by atoms with van der Waals surface area (Å²) in [6, 6.07) is 7.81. The third-order valence-corrected chi connectivity index (χ3v) is 3.83. The van der Waals surface area contributed by atoms with E-state index in [4.69, 9.17) is 5.73 Å². The van der Waals surface area contributed by atoms with E-state index in [0.29, 0.717) is 0 Å². The molecule has 3 rings (SSSR count). The van der Waals surface area contributed by atoms with Gasteiger partial charge in [0.05, 0.1) is 5.54 Å². The highest BCUT2D eigenvalue weighted by molar-refractivity contribution is 5.41. The van der Waals surface area contributed by atoms with E-state index in [1.165, 1.54) is 5.56 Å². The minimum atomic E-state index is -2.66. The number of nitrogens with two attached hydrogens (primary N) is 1. The fraction of sp³-hybridized carbons (Fsp3) is 0.500. The van der Waals surface area contributed by atoms with Crippen LogP contribution in [0.3, 0.4) is 0 Å². The van der Waals surface area contributed by atoms with Crippen LogP contribution in [0, 0.1) is 0 Å². The third kappa shape index (κ3) is 1.10. The number of fused-ring (bicyclic) bond motifs is 1. The zero-order valence-corrected chi connectivity index (χ0v) is 8.34. The van der Waals surface area contributed by atoms with Crippen molar-refractivity contribution >= 4 is 0 Å².